The summed E-state index contributed by atoms with van der Waals surface area (Å²) in [4.78, 5) is 23.1. The van der Waals surface area contributed by atoms with Crippen LogP contribution in [-0.2, 0) is 0 Å². The number of ether oxygens (including phenoxy) is 1. The maximum atomic E-state index is 12.6. The molecule has 0 heterocycles. The molecule has 4 fully saturated rings. The van der Waals surface area contributed by atoms with E-state index in [2.05, 4.69) is 21.2 Å². The lowest BCUT2D eigenvalue weighted by Gasteiger charge is -2.56. The van der Waals surface area contributed by atoms with Gasteiger partial charge in [-0.2, -0.15) is 0 Å². The number of anilines is 1. The highest BCUT2D eigenvalue weighted by Gasteiger charge is 2.52. The highest BCUT2D eigenvalue weighted by atomic mass is 79.9. The van der Waals surface area contributed by atoms with Gasteiger partial charge in [0.15, 0.2) is 0 Å². The Balaban J connectivity index is 1.27. The van der Waals surface area contributed by atoms with Gasteiger partial charge in [-0.15, -0.1) is 0 Å². The van der Waals surface area contributed by atoms with Crippen LogP contribution in [-0.4, -0.2) is 16.4 Å². The molecule has 6 rings (SSSR count). The van der Waals surface area contributed by atoms with Gasteiger partial charge >= 0.3 is 0 Å². The average Bonchev–Trinajstić information content (AvgIpc) is 2.68. The van der Waals surface area contributed by atoms with Crippen LogP contribution in [0.2, 0.25) is 0 Å². The number of carbonyl (C=O) groups excluding carboxylic acids is 1. The Morgan fingerprint density at radius 3 is 2.20 bits per heavy atom. The van der Waals surface area contributed by atoms with Crippen LogP contribution in [0.15, 0.2) is 46.9 Å². The molecule has 4 aliphatic rings. The number of nitro benzene ring substituents is 1. The van der Waals surface area contributed by atoms with Crippen molar-refractivity contribution in [2.75, 3.05) is 5.32 Å². The van der Waals surface area contributed by atoms with Gasteiger partial charge in [0.05, 0.1) is 10.5 Å². The maximum Gasteiger partial charge on any atom is 0.270 e. The summed E-state index contributed by atoms with van der Waals surface area (Å²) < 4.78 is 7.03. The summed E-state index contributed by atoms with van der Waals surface area (Å²) in [7, 11) is 0. The second-order valence-corrected chi connectivity index (χ2v) is 9.96. The molecule has 0 saturated heterocycles. The van der Waals surface area contributed by atoms with E-state index in [1.807, 2.05) is 24.3 Å². The number of nitrogens with zero attached hydrogens (tertiary/aromatic N) is 1. The summed E-state index contributed by atoms with van der Waals surface area (Å²) in [5.74, 6) is 2.90. The Morgan fingerprint density at radius 2 is 1.63 bits per heavy atom. The number of hydrogen-bond acceptors (Lipinski definition) is 4. The van der Waals surface area contributed by atoms with Crippen LogP contribution in [0.4, 0.5) is 11.4 Å². The van der Waals surface area contributed by atoms with Gasteiger partial charge in [-0.1, -0.05) is 0 Å². The zero-order valence-electron chi connectivity index (χ0n) is 16.5. The third-order valence-corrected chi connectivity index (χ3v) is 7.53. The number of benzene rings is 2. The first-order chi connectivity index (χ1) is 14.4. The van der Waals surface area contributed by atoms with Gasteiger partial charge < -0.3 is 10.1 Å². The van der Waals surface area contributed by atoms with Crippen LogP contribution >= 0.6 is 15.9 Å². The van der Waals surface area contributed by atoms with Crippen LogP contribution in [0, 0.1) is 27.9 Å². The zero-order chi connectivity index (χ0) is 20.9. The van der Waals surface area contributed by atoms with Gasteiger partial charge in [0, 0.05) is 22.3 Å². The highest BCUT2D eigenvalue weighted by molar-refractivity contribution is 9.10. The normalized spacial score (nSPS) is 28.9. The molecular formula is C23H23BrN2O4. The lowest BCUT2D eigenvalue weighted by molar-refractivity contribution is -0.384. The van der Waals surface area contributed by atoms with Crippen LogP contribution in [0.1, 0.15) is 48.9 Å². The summed E-state index contributed by atoms with van der Waals surface area (Å²) in [6.45, 7) is 0. The SMILES string of the molecule is O=C(Nc1ccc(OC23CC4CC(CC(C4)C2)C3)cc1)c1cc([N+](=O)[O-])ccc1Br. The molecular weight excluding hydrogens is 448 g/mol. The third kappa shape index (κ3) is 3.71. The van der Waals surface area contributed by atoms with Gasteiger partial charge in [0.1, 0.15) is 11.4 Å². The summed E-state index contributed by atoms with van der Waals surface area (Å²) >= 11 is 3.29. The van der Waals surface area contributed by atoms with E-state index < -0.39 is 10.8 Å². The fourth-order valence-corrected chi connectivity index (χ4v) is 6.44. The largest absolute Gasteiger partial charge is 0.487 e. The van der Waals surface area contributed by atoms with Crippen LogP contribution in [0.3, 0.4) is 0 Å². The Bertz CT molecular complexity index is 969. The molecule has 7 heteroatoms. The van der Waals surface area contributed by atoms with Crippen LogP contribution in [0.5, 0.6) is 5.75 Å². The monoisotopic (exact) mass is 470 g/mol. The minimum atomic E-state index is -0.514. The Hall–Kier alpha value is -2.41. The maximum absolute atomic E-state index is 12.6. The quantitative estimate of drug-likeness (QED) is 0.431. The smallest absolute Gasteiger partial charge is 0.270 e. The van der Waals surface area contributed by atoms with E-state index in [1.54, 1.807) is 0 Å². The number of hydrogen-bond donors (Lipinski definition) is 1. The Kier molecular flexibility index (Phi) is 4.81. The molecule has 0 aliphatic heterocycles. The first kappa shape index (κ1) is 19.5. The molecule has 0 atom stereocenters. The van der Waals surface area contributed by atoms with E-state index in [4.69, 9.17) is 4.74 Å². The second-order valence-electron chi connectivity index (χ2n) is 9.10. The van der Waals surface area contributed by atoms with Crippen LogP contribution in [0.25, 0.3) is 0 Å². The molecule has 4 bridgehead atoms. The van der Waals surface area contributed by atoms with Crippen molar-refractivity contribution in [3.05, 3.63) is 62.6 Å². The fourth-order valence-electron chi connectivity index (χ4n) is 6.01. The number of nitrogens with one attached hydrogen (secondary N) is 1. The van der Waals surface area contributed by atoms with E-state index in [9.17, 15) is 14.9 Å². The minimum absolute atomic E-state index is 0.00659. The summed E-state index contributed by atoms with van der Waals surface area (Å²) in [5.41, 5.74) is 0.713. The molecule has 1 amide bonds. The van der Waals surface area contributed by atoms with Crippen molar-refractivity contribution in [3.8, 4) is 5.75 Å². The number of amides is 1. The summed E-state index contributed by atoms with van der Waals surface area (Å²) in [6, 6.07) is 11.6. The molecule has 0 spiro atoms. The zero-order valence-corrected chi connectivity index (χ0v) is 18.1. The van der Waals surface area contributed by atoms with E-state index in [0.29, 0.717) is 10.2 Å². The number of rotatable bonds is 5. The third-order valence-electron chi connectivity index (χ3n) is 6.83. The van der Waals surface area contributed by atoms with E-state index in [-0.39, 0.29) is 16.9 Å². The Labute approximate surface area is 183 Å². The van der Waals surface area contributed by atoms with Crippen molar-refractivity contribution in [2.24, 2.45) is 17.8 Å². The van der Waals surface area contributed by atoms with Crippen molar-refractivity contribution >= 4 is 33.2 Å². The predicted molar refractivity (Wildman–Crippen MR) is 117 cm³/mol. The van der Waals surface area contributed by atoms with Gasteiger partial charge in [-0.05, 0) is 103 Å². The van der Waals surface area contributed by atoms with Crippen LogP contribution < -0.4 is 10.1 Å². The second kappa shape index (κ2) is 7.38. The molecule has 0 aromatic heterocycles. The lowest BCUT2D eigenvalue weighted by Crippen LogP contribution is -2.53. The Morgan fingerprint density at radius 1 is 1.03 bits per heavy atom. The fraction of sp³-hybridized carbons (Fsp3) is 0.435. The molecule has 2 aromatic carbocycles. The van der Waals surface area contributed by atoms with Crippen molar-refractivity contribution in [1.29, 1.82) is 0 Å². The summed E-state index contributed by atoms with van der Waals surface area (Å²) in [5, 5.41) is 13.8. The first-order valence-electron chi connectivity index (χ1n) is 10.4. The van der Waals surface area contributed by atoms with Crippen molar-refractivity contribution < 1.29 is 14.5 Å². The molecule has 1 N–H and O–H groups in total. The molecule has 4 saturated carbocycles. The molecule has 2 aromatic rings. The molecule has 0 unspecified atom stereocenters. The van der Waals surface area contributed by atoms with Gasteiger partial charge in [0.2, 0.25) is 0 Å². The van der Waals surface area contributed by atoms with Crippen molar-refractivity contribution in [3.63, 3.8) is 0 Å². The topological polar surface area (TPSA) is 81.5 Å². The average molecular weight is 471 g/mol. The predicted octanol–water partition coefficient (Wildman–Crippen LogP) is 5.96. The molecule has 6 nitrogen and oxygen atoms in total. The van der Waals surface area contributed by atoms with E-state index in [1.165, 1.54) is 56.7 Å². The van der Waals surface area contributed by atoms with Gasteiger partial charge in [0.25, 0.3) is 11.6 Å². The van der Waals surface area contributed by atoms with Gasteiger partial charge in [-0.25, -0.2) is 0 Å². The van der Waals surface area contributed by atoms with E-state index in [0.717, 1.165) is 23.5 Å². The number of non-ortho nitro benzene ring substituents is 1. The number of halogens is 1. The summed E-state index contributed by atoms with van der Waals surface area (Å²) in [6.07, 6.45) is 7.62. The number of nitro groups is 1. The minimum Gasteiger partial charge on any atom is -0.487 e. The van der Waals surface area contributed by atoms with E-state index >= 15 is 0 Å². The van der Waals surface area contributed by atoms with Crippen molar-refractivity contribution in [1.82, 2.24) is 0 Å². The highest BCUT2D eigenvalue weighted by Crippen LogP contribution is 2.57. The first-order valence-corrected chi connectivity index (χ1v) is 11.2. The van der Waals surface area contributed by atoms with Gasteiger partial charge in [-0.3, -0.25) is 14.9 Å². The standard InChI is InChI=1S/C23H23BrN2O4/c24-21-6-3-18(26(28)29)10-20(21)22(27)25-17-1-4-19(5-2-17)30-23-11-14-7-15(12-23)9-16(8-14)13-23/h1-6,10,14-16H,7-9,11-13H2,(H,25,27). The molecule has 4 aliphatic carbocycles. The molecule has 0 radical (unpaired) electrons. The molecule has 30 heavy (non-hydrogen) atoms. The van der Waals surface area contributed by atoms with Crippen molar-refractivity contribution in [2.45, 2.75) is 44.1 Å². The number of carbonyl (C=O) groups is 1. The molecule has 156 valence electrons. The lowest BCUT2D eigenvalue weighted by atomic mass is 9.54.